The summed E-state index contributed by atoms with van der Waals surface area (Å²) in [5, 5.41) is 11.0. The number of hydrogen-bond donors (Lipinski definition) is 0. The van der Waals surface area contributed by atoms with Crippen LogP contribution in [-0.2, 0) is 10.3 Å². The van der Waals surface area contributed by atoms with E-state index >= 15 is 0 Å². The lowest BCUT2D eigenvalue weighted by Crippen LogP contribution is -2.26. The molecule has 4 heteroatoms. The Morgan fingerprint density at radius 3 is 2.90 bits per heavy atom. The molecule has 1 unspecified atom stereocenters. The number of nitro benzene ring substituents is 1. The SMILES string of the molecule is COC1(c2cccc([N+](=O)[O-])c2)C=CC2=CCC=CC2=C1. The fourth-order valence-corrected chi connectivity index (χ4v) is 2.68. The van der Waals surface area contributed by atoms with Crippen LogP contribution in [0.4, 0.5) is 5.69 Å². The highest BCUT2D eigenvalue weighted by Crippen LogP contribution is 2.38. The van der Waals surface area contributed by atoms with Crippen LogP contribution in [0.3, 0.4) is 0 Å². The van der Waals surface area contributed by atoms with Gasteiger partial charge in [-0.2, -0.15) is 0 Å². The predicted octanol–water partition coefficient (Wildman–Crippen LogP) is 3.82. The molecule has 0 saturated heterocycles. The topological polar surface area (TPSA) is 52.4 Å². The average molecular weight is 281 g/mol. The maximum absolute atomic E-state index is 11.0. The van der Waals surface area contributed by atoms with Crippen molar-refractivity contribution in [3.8, 4) is 0 Å². The van der Waals surface area contributed by atoms with Gasteiger partial charge in [0.25, 0.3) is 5.69 Å². The van der Waals surface area contributed by atoms with E-state index in [4.69, 9.17) is 4.74 Å². The van der Waals surface area contributed by atoms with E-state index in [2.05, 4.69) is 18.2 Å². The zero-order valence-electron chi connectivity index (χ0n) is 11.7. The summed E-state index contributed by atoms with van der Waals surface area (Å²) in [6.07, 6.45) is 13.2. The molecule has 0 spiro atoms. The highest BCUT2D eigenvalue weighted by Gasteiger charge is 2.31. The van der Waals surface area contributed by atoms with Gasteiger partial charge < -0.3 is 4.74 Å². The van der Waals surface area contributed by atoms with E-state index < -0.39 is 10.5 Å². The van der Waals surface area contributed by atoms with Gasteiger partial charge in [0.1, 0.15) is 5.60 Å². The Balaban J connectivity index is 2.10. The number of non-ortho nitro benzene ring substituents is 1. The Bertz CT molecular complexity index is 713. The third-order valence-corrected chi connectivity index (χ3v) is 3.83. The lowest BCUT2D eigenvalue weighted by molar-refractivity contribution is -0.385. The molecule has 1 aromatic carbocycles. The first-order chi connectivity index (χ1) is 10.1. The van der Waals surface area contributed by atoms with Crippen molar-refractivity contribution in [2.75, 3.05) is 7.11 Å². The Morgan fingerprint density at radius 1 is 1.29 bits per heavy atom. The summed E-state index contributed by atoms with van der Waals surface area (Å²) in [6.45, 7) is 0. The standard InChI is InChI=1S/C17H15NO3/c1-21-17(15-7-4-8-16(11-15)18(19)20)10-9-13-5-2-3-6-14(13)12-17/h3-12H,2H2,1H3. The lowest BCUT2D eigenvalue weighted by Gasteiger charge is -2.31. The average Bonchev–Trinajstić information content (AvgIpc) is 2.54. The molecule has 0 radical (unpaired) electrons. The molecule has 0 aliphatic heterocycles. The highest BCUT2D eigenvalue weighted by atomic mass is 16.6. The molecule has 3 rings (SSSR count). The molecule has 0 saturated carbocycles. The van der Waals surface area contributed by atoms with Crippen molar-refractivity contribution in [1.82, 2.24) is 0 Å². The second-order valence-corrected chi connectivity index (χ2v) is 5.04. The van der Waals surface area contributed by atoms with Gasteiger partial charge in [-0.25, -0.2) is 0 Å². The number of fused-ring (bicyclic) bond motifs is 1. The second kappa shape index (κ2) is 5.14. The summed E-state index contributed by atoms with van der Waals surface area (Å²) < 4.78 is 5.70. The second-order valence-electron chi connectivity index (χ2n) is 5.04. The molecular weight excluding hydrogens is 266 g/mol. The third-order valence-electron chi connectivity index (χ3n) is 3.83. The van der Waals surface area contributed by atoms with Crippen molar-refractivity contribution in [2.45, 2.75) is 12.0 Å². The number of rotatable bonds is 3. The van der Waals surface area contributed by atoms with Crippen LogP contribution in [0.15, 0.2) is 71.9 Å². The molecule has 0 N–H and O–H groups in total. The Hall–Kier alpha value is -2.46. The van der Waals surface area contributed by atoms with Crippen LogP contribution in [0.5, 0.6) is 0 Å². The van der Waals surface area contributed by atoms with Gasteiger partial charge in [0.2, 0.25) is 0 Å². The van der Waals surface area contributed by atoms with Crippen LogP contribution in [0, 0.1) is 10.1 Å². The van der Waals surface area contributed by atoms with Gasteiger partial charge in [-0.3, -0.25) is 10.1 Å². The molecule has 0 fully saturated rings. The minimum Gasteiger partial charge on any atom is -0.365 e. The van der Waals surface area contributed by atoms with Crippen LogP contribution in [-0.4, -0.2) is 12.0 Å². The smallest absolute Gasteiger partial charge is 0.269 e. The molecule has 4 nitrogen and oxygen atoms in total. The summed E-state index contributed by atoms with van der Waals surface area (Å²) in [6, 6.07) is 6.58. The van der Waals surface area contributed by atoms with Crippen LogP contribution >= 0.6 is 0 Å². The van der Waals surface area contributed by atoms with E-state index in [-0.39, 0.29) is 5.69 Å². The lowest BCUT2D eigenvalue weighted by atomic mass is 9.82. The van der Waals surface area contributed by atoms with Gasteiger partial charge in [0, 0.05) is 19.2 Å². The number of nitrogens with zero attached hydrogens (tertiary/aromatic N) is 1. The van der Waals surface area contributed by atoms with E-state index in [1.807, 2.05) is 24.3 Å². The largest absolute Gasteiger partial charge is 0.365 e. The number of ether oxygens (including phenoxy) is 1. The molecule has 0 bridgehead atoms. The number of allylic oxidation sites excluding steroid dienone is 6. The summed E-state index contributed by atoms with van der Waals surface area (Å²) in [7, 11) is 1.61. The minimum absolute atomic E-state index is 0.0660. The van der Waals surface area contributed by atoms with Gasteiger partial charge in [0.15, 0.2) is 0 Å². The predicted molar refractivity (Wildman–Crippen MR) is 80.8 cm³/mol. The van der Waals surface area contributed by atoms with E-state index in [1.165, 1.54) is 6.07 Å². The van der Waals surface area contributed by atoms with Crippen LogP contribution in [0.25, 0.3) is 0 Å². The van der Waals surface area contributed by atoms with Crippen molar-refractivity contribution in [2.24, 2.45) is 0 Å². The van der Waals surface area contributed by atoms with Crippen molar-refractivity contribution in [3.63, 3.8) is 0 Å². The van der Waals surface area contributed by atoms with Crippen LogP contribution in [0.2, 0.25) is 0 Å². The zero-order valence-corrected chi connectivity index (χ0v) is 11.7. The van der Waals surface area contributed by atoms with Gasteiger partial charge >= 0.3 is 0 Å². The minimum atomic E-state index is -0.764. The van der Waals surface area contributed by atoms with Gasteiger partial charge in [-0.1, -0.05) is 36.4 Å². The maximum Gasteiger partial charge on any atom is 0.269 e. The van der Waals surface area contributed by atoms with E-state index in [0.29, 0.717) is 0 Å². The van der Waals surface area contributed by atoms with Gasteiger partial charge in [-0.05, 0) is 35.3 Å². The first-order valence-electron chi connectivity index (χ1n) is 6.74. The summed E-state index contributed by atoms with van der Waals surface area (Å²) in [5.41, 5.74) is 2.30. The van der Waals surface area contributed by atoms with Crippen LogP contribution in [0.1, 0.15) is 12.0 Å². The highest BCUT2D eigenvalue weighted by molar-refractivity contribution is 5.57. The van der Waals surface area contributed by atoms with E-state index in [1.54, 1.807) is 19.2 Å². The first kappa shape index (κ1) is 13.5. The number of nitro groups is 1. The quantitative estimate of drug-likeness (QED) is 0.625. The molecule has 106 valence electrons. The normalized spacial score (nSPS) is 23.3. The Kier molecular flexibility index (Phi) is 3.31. The first-order valence-corrected chi connectivity index (χ1v) is 6.74. The van der Waals surface area contributed by atoms with Crippen molar-refractivity contribution in [3.05, 3.63) is 87.5 Å². The fourth-order valence-electron chi connectivity index (χ4n) is 2.68. The third kappa shape index (κ3) is 2.34. The fraction of sp³-hybridized carbons (Fsp3) is 0.176. The molecule has 21 heavy (non-hydrogen) atoms. The number of methoxy groups -OCH3 is 1. The molecule has 0 aromatic heterocycles. The number of benzene rings is 1. The van der Waals surface area contributed by atoms with E-state index in [9.17, 15) is 10.1 Å². The number of hydrogen-bond acceptors (Lipinski definition) is 3. The Morgan fingerprint density at radius 2 is 2.14 bits per heavy atom. The molecule has 1 aromatic rings. The molecule has 2 aliphatic carbocycles. The Labute approximate surface area is 122 Å². The van der Waals surface area contributed by atoms with Crippen LogP contribution < -0.4 is 0 Å². The monoisotopic (exact) mass is 281 g/mol. The van der Waals surface area contributed by atoms with E-state index in [0.717, 1.165) is 23.1 Å². The zero-order chi connectivity index (χ0) is 14.9. The van der Waals surface area contributed by atoms with Crippen molar-refractivity contribution < 1.29 is 9.66 Å². The molecular formula is C17H15NO3. The maximum atomic E-state index is 11.0. The molecule has 2 aliphatic rings. The molecule has 0 amide bonds. The van der Waals surface area contributed by atoms with Gasteiger partial charge in [0.05, 0.1) is 4.92 Å². The van der Waals surface area contributed by atoms with Gasteiger partial charge in [-0.15, -0.1) is 0 Å². The van der Waals surface area contributed by atoms with Crippen molar-refractivity contribution >= 4 is 5.69 Å². The van der Waals surface area contributed by atoms with Crippen molar-refractivity contribution in [1.29, 1.82) is 0 Å². The summed E-state index contributed by atoms with van der Waals surface area (Å²) in [5.74, 6) is 0. The summed E-state index contributed by atoms with van der Waals surface area (Å²) >= 11 is 0. The molecule has 1 atom stereocenters. The summed E-state index contributed by atoms with van der Waals surface area (Å²) in [4.78, 5) is 10.6. The molecule has 0 heterocycles.